The van der Waals surface area contributed by atoms with Gasteiger partial charge in [-0.3, -0.25) is 14.3 Å². The Morgan fingerprint density at radius 2 is 1.87 bits per heavy atom. The first-order valence-electron chi connectivity index (χ1n) is 8.60. The third-order valence-corrected chi connectivity index (χ3v) is 6.16. The van der Waals surface area contributed by atoms with Crippen LogP contribution in [-0.4, -0.2) is 32.3 Å². The molecule has 0 saturated heterocycles. The highest BCUT2D eigenvalue weighted by molar-refractivity contribution is 5.93. The molecule has 124 valence electrons. The lowest BCUT2D eigenvalue weighted by atomic mass is 9.57. The lowest BCUT2D eigenvalue weighted by molar-refractivity contribution is -0.156. The van der Waals surface area contributed by atoms with Crippen LogP contribution in [0.4, 0.5) is 0 Å². The normalized spacial score (nSPS) is 32.7. The highest BCUT2D eigenvalue weighted by Crippen LogP contribution is 2.52. The second-order valence-corrected chi connectivity index (χ2v) is 7.66. The van der Waals surface area contributed by atoms with Gasteiger partial charge < -0.3 is 10.4 Å². The number of fused-ring (bicyclic) bond motifs is 3. The van der Waals surface area contributed by atoms with Crippen molar-refractivity contribution in [1.82, 2.24) is 15.1 Å². The summed E-state index contributed by atoms with van der Waals surface area (Å²) in [6, 6.07) is 1.78. The Morgan fingerprint density at radius 3 is 2.43 bits per heavy atom. The van der Waals surface area contributed by atoms with Gasteiger partial charge in [0.2, 0.25) is 0 Å². The van der Waals surface area contributed by atoms with Gasteiger partial charge in [0.05, 0.1) is 5.41 Å². The third-order valence-electron chi connectivity index (χ3n) is 6.16. The van der Waals surface area contributed by atoms with E-state index in [4.69, 9.17) is 0 Å². The monoisotopic (exact) mass is 317 g/mol. The number of amides is 1. The van der Waals surface area contributed by atoms with E-state index in [0.29, 0.717) is 30.9 Å². The fraction of sp³-hybridized carbons (Fsp3) is 0.706. The van der Waals surface area contributed by atoms with Crippen LogP contribution >= 0.6 is 0 Å². The predicted molar refractivity (Wildman–Crippen MR) is 82.9 cm³/mol. The first kappa shape index (κ1) is 14.7. The van der Waals surface area contributed by atoms with E-state index < -0.39 is 11.4 Å². The van der Waals surface area contributed by atoms with Gasteiger partial charge in [0.15, 0.2) is 0 Å². The molecule has 23 heavy (non-hydrogen) atoms. The van der Waals surface area contributed by atoms with Crippen molar-refractivity contribution < 1.29 is 14.7 Å². The molecule has 1 aromatic heterocycles. The summed E-state index contributed by atoms with van der Waals surface area (Å²) in [5.74, 6) is -0.0623. The van der Waals surface area contributed by atoms with E-state index in [1.807, 2.05) is 4.68 Å². The van der Waals surface area contributed by atoms with Crippen molar-refractivity contribution in [1.29, 1.82) is 0 Å². The standard InChI is InChI=1S/C17H23N3O3/c21-14(13-3-10-18-20(13)11-12-1-2-12)19-17-7-4-16(5-8-17,6-9-17)15(22)23/h3,10,12H,1-2,4-9,11H2,(H,19,21)(H,22,23). The van der Waals surface area contributed by atoms with Crippen molar-refractivity contribution in [2.45, 2.75) is 63.5 Å². The third kappa shape index (κ3) is 2.54. The van der Waals surface area contributed by atoms with Gasteiger partial charge >= 0.3 is 5.97 Å². The van der Waals surface area contributed by atoms with Crippen LogP contribution < -0.4 is 5.32 Å². The zero-order chi connectivity index (χ0) is 16.1. The van der Waals surface area contributed by atoms with Crippen LogP contribution in [0.1, 0.15) is 61.9 Å². The second-order valence-electron chi connectivity index (χ2n) is 7.66. The van der Waals surface area contributed by atoms with Crippen molar-refractivity contribution >= 4 is 11.9 Å². The molecule has 4 fully saturated rings. The average Bonchev–Trinajstić information content (AvgIpc) is 3.23. The predicted octanol–water partition coefficient (Wildman–Crippen LogP) is 2.20. The summed E-state index contributed by atoms with van der Waals surface area (Å²) in [5.41, 5.74) is -0.129. The van der Waals surface area contributed by atoms with Gasteiger partial charge in [0.1, 0.15) is 5.69 Å². The molecule has 0 radical (unpaired) electrons. The number of carbonyl (C=O) groups is 2. The van der Waals surface area contributed by atoms with Gasteiger partial charge in [-0.15, -0.1) is 0 Å². The number of carboxylic acid groups (broad SMARTS) is 1. The molecule has 0 aliphatic heterocycles. The summed E-state index contributed by atoms with van der Waals surface area (Å²) in [5, 5.41) is 17.0. The number of hydrogen-bond donors (Lipinski definition) is 2. The zero-order valence-electron chi connectivity index (χ0n) is 13.3. The number of hydrogen-bond acceptors (Lipinski definition) is 3. The molecular formula is C17H23N3O3. The zero-order valence-corrected chi connectivity index (χ0v) is 13.3. The summed E-state index contributed by atoms with van der Waals surface area (Å²) >= 11 is 0. The topological polar surface area (TPSA) is 84.2 Å². The second kappa shape index (κ2) is 5.08. The fourth-order valence-corrected chi connectivity index (χ4v) is 4.21. The Morgan fingerprint density at radius 1 is 1.22 bits per heavy atom. The first-order chi connectivity index (χ1) is 11.0. The average molecular weight is 317 g/mol. The summed E-state index contributed by atoms with van der Waals surface area (Å²) in [6.45, 7) is 0.824. The number of aromatic nitrogens is 2. The van der Waals surface area contributed by atoms with E-state index in [1.165, 1.54) is 12.8 Å². The molecule has 1 amide bonds. The SMILES string of the molecule is O=C(NC12CCC(C(=O)O)(CC1)CC2)c1ccnn1CC1CC1. The van der Waals surface area contributed by atoms with E-state index >= 15 is 0 Å². The molecule has 6 heteroatoms. The van der Waals surface area contributed by atoms with Crippen LogP contribution in [0.3, 0.4) is 0 Å². The van der Waals surface area contributed by atoms with E-state index in [2.05, 4.69) is 10.4 Å². The van der Waals surface area contributed by atoms with E-state index in [-0.39, 0.29) is 11.4 Å². The summed E-state index contributed by atoms with van der Waals surface area (Å²) in [6.07, 6.45) is 8.44. The molecule has 2 bridgehead atoms. The largest absolute Gasteiger partial charge is 0.481 e. The number of carboxylic acids is 1. The first-order valence-corrected chi connectivity index (χ1v) is 8.60. The van der Waals surface area contributed by atoms with Crippen LogP contribution in [-0.2, 0) is 11.3 Å². The molecule has 0 spiro atoms. The Kier molecular flexibility index (Phi) is 3.25. The molecule has 2 N–H and O–H groups in total. The summed E-state index contributed by atoms with van der Waals surface area (Å²) < 4.78 is 1.82. The number of nitrogens with zero attached hydrogens (tertiary/aromatic N) is 2. The molecule has 6 nitrogen and oxygen atoms in total. The van der Waals surface area contributed by atoms with Gasteiger partial charge in [0.25, 0.3) is 5.91 Å². The highest BCUT2D eigenvalue weighted by Gasteiger charge is 2.53. The maximum atomic E-state index is 12.7. The molecule has 5 rings (SSSR count). The minimum atomic E-state index is -0.667. The van der Waals surface area contributed by atoms with Crippen molar-refractivity contribution in [3.8, 4) is 0 Å². The van der Waals surface area contributed by atoms with Crippen LogP contribution in [0.5, 0.6) is 0 Å². The molecule has 0 atom stereocenters. The number of aliphatic carboxylic acids is 1. The van der Waals surface area contributed by atoms with Crippen LogP contribution in [0.2, 0.25) is 0 Å². The van der Waals surface area contributed by atoms with Gasteiger partial charge in [0, 0.05) is 18.3 Å². The van der Waals surface area contributed by atoms with Crippen LogP contribution in [0.15, 0.2) is 12.3 Å². The van der Waals surface area contributed by atoms with Crippen LogP contribution in [0.25, 0.3) is 0 Å². The molecule has 4 saturated carbocycles. The Balaban J connectivity index is 1.45. The number of carbonyl (C=O) groups excluding carboxylic acids is 1. The highest BCUT2D eigenvalue weighted by atomic mass is 16.4. The minimum absolute atomic E-state index is 0.0622. The van der Waals surface area contributed by atoms with Crippen LogP contribution in [0, 0.1) is 11.3 Å². The minimum Gasteiger partial charge on any atom is -0.481 e. The van der Waals surface area contributed by atoms with Crippen molar-refractivity contribution in [2.75, 3.05) is 0 Å². The van der Waals surface area contributed by atoms with E-state index in [9.17, 15) is 14.7 Å². The molecular weight excluding hydrogens is 294 g/mol. The van der Waals surface area contributed by atoms with Gasteiger partial charge in [-0.2, -0.15) is 5.10 Å². The van der Waals surface area contributed by atoms with Crippen molar-refractivity contribution in [3.05, 3.63) is 18.0 Å². The Hall–Kier alpha value is -1.85. The summed E-state index contributed by atoms with van der Waals surface area (Å²) in [7, 11) is 0. The smallest absolute Gasteiger partial charge is 0.309 e. The number of nitrogens with one attached hydrogen (secondary N) is 1. The molecule has 1 aromatic rings. The molecule has 1 heterocycles. The maximum Gasteiger partial charge on any atom is 0.309 e. The number of rotatable bonds is 5. The lowest BCUT2D eigenvalue weighted by Gasteiger charge is -2.51. The van der Waals surface area contributed by atoms with Crippen molar-refractivity contribution in [3.63, 3.8) is 0 Å². The Bertz CT molecular complexity index is 623. The van der Waals surface area contributed by atoms with Gasteiger partial charge in [-0.25, -0.2) is 0 Å². The maximum absolute atomic E-state index is 12.7. The fourth-order valence-electron chi connectivity index (χ4n) is 4.21. The van der Waals surface area contributed by atoms with Gasteiger partial charge in [-0.1, -0.05) is 0 Å². The molecule has 0 aromatic carbocycles. The lowest BCUT2D eigenvalue weighted by Crippen LogP contribution is -2.58. The van der Waals surface area contributed by atoms with E-state index in [1.54, 1.807) is 12.3 Å². The summed E-state index contributed by atoms with van der Waals surface area (Å²) in [4.78, 5) is 24.2. The molecule has 4 aliphatic carbocycles. The molecule has 0 unspecified atom stereocenters. The Labute approximate surface area is 135 Å². The van der Waals surface area contributed by atoms with Crippen molar-refractivity contribution in [2.24, 2.45) is 11.3 Å². The van der Waals surface area contributed by atoms with E-state index in [0.717, 1.165) is 25.8 Å². The quantitative estimate of drug-likeness (QED) is 0.872. The molecule has 4 aliphatic rings. The van der Waals surface area contributed by atoms with Gasteiger partial charge in [-0.05, 0) is 63.4 Å².